The van der Waals surface area contributed by atoms with Gasteiger partial charge in [-0.25, -0.2) is 0 Å². The molecule has 0 N–H and O–H groups in total. The highest BCUT2D eigenvalue weighted by Gasteiger charge is 2.38. The molecule has 2 aliphatic rings. The van der Waals surface area contributed by atoms with E-state index in [1.54, 1.807) is 0 Å². The fourth-order valence-corrected chi connectivity index (χ4v) is 5.70. The van der Waals surface area contributed by atoms with Crippen LogP contribution < -0.4 is 5.30 Å². The Morgan fingerprint density at radius 1 is 0.722 bits per heavy atom. The van der Waals surface area contributed by atoms with Gasteiger partial charge in [0.25, 0.3) is 0 Å². The molecule has 0 radical (unpaired) electrons. The lowest BCUT2D eigenvalue weighted by atomic mass is 10.4. The van der Waals surface area contributed by atoms with Crippen LogP contribution in [0, 0.1) is 0 Å². The third-order valence-electron chi connectivity index (χ3n) is 3.50. The molecule has 90 valence electrons. The smallest absolute Gasteiger partial charge is 0.135 e. The van der Waals surface area contributed by atoms with Crippen molar-refractivity contribution in [2.75, 3.05) is 0 Å². The van der Waals surface area contributed by atoms with E-state index in [-0.39, 0.29) is 11.3 Å². The van der Waals surface area contributed by atoms with Crippen LogP contribution in [0.2, 0.25) is 0 Å². The molecule has 3 rings (SSSR count). The summed E-state index contributed by atoms with van der Waals surface area (Å²) >= 11 is 0. The Balaban J connectivity index is 2.11. The van der Waals surface area contributed by atoms with Gasteiger partial charge in [0.2, 0.25) is 0 Å². The molecule has 0 saturated carbocycles. The maximum atomic E-state index is 13.6. The zero-order valence-electron chi connectivity index (χ0n) is 10.0. The van der Waals surface area contributed by atoms with E-state index in [1.807, 2.05) is 78.9 Å². The summed E-state index contributed by atoms with van der Waals surface area (Å²) in [6.07, 6.45) is 16.2. The lowest BCUT2D eigenvalue weighted by molar-refractivity contribution is 0.578. The van der Waals surface area contributed by atoms with Crippen molar-refractivity contribution in [3.05, 3.63) is 78.9 Å². The van der Waals surface area contributed by atoms with Crippen LogP contribution in [0.3, 0.4) is 0 Å². The highest BCUT2D eigenvalue weighted by atomic mass is 31.2. The van der Waals surface area contributed by atoms with Crippen LogP contribution in [-0.4, -0.2) is 11.3 Å². The quantitative estimate of drug-likeness (QED) is 0.752. The largest absolute Gasteiger partial charge is 0.317 e. The third kappa shape index (κ3) is 1.76. The standard InChI is InChI=1S/C16H15OP/c17-18(15-10-4-5-11-15,16-12-6-7-13-16)14-8-2-1-3-9-14/h1-13,15-16H. The van der Waals surface area contributed by atoms with Crippen molar-refractivity contribution in [1.29, 1.82) is 0 Å². The van der Waals surface area contributed by atoms with Gasteiger partial charge >= 0.3 is 0 Å². The van der Waals surface area contributed by atoms with Gasteiger partial charge in [-0.3, -0.25) is 0 Å². The fraction of sp³-hybridized carbons (Fsp3) is 0.125. The molecular formula is C16H15OP. The average molecular weight is 254 g/mol. The molecule has 0 heterocycles. The predicted molar refractivity (Wildman–Crippen MR) is 77.8 cm³/mol. The predicted octanol–water partition coefficient (Wildman–Crippen LogP) is 3.66. The summed E-state index contributed by atoms with van der Waals surface area (Å²) in [6.45, 7) is 0. The van der Waals surface area contributed by atoms with Gasteiger partial charge in [-0.05, 0) is 0 Å². The molecule has 0 spiro atoms. The van der Waals surface area contributed by atoms with Crippen LogP contribution in [-0.2, 0) is 4.57 Å². The Hall–Kier alpha value is -1.59. The summed E-state index contributed by atoms with van der Waals surface area (Å²) in [4.78, 5) is 0. The zero-order chi connectivity index (χ0) is 12.4. The van der Waals surface area contributed by atoms with E-state index in [0.717, 1.165) is 5.30 Å². The Morgan fingerprint density at radius 2 is 1.17 bits per heavy atom. The number of rotatable bonds is 3. The van der Waals surface area contributed by atoms with Gasteiger partial charge in [0.1, 0.15) is 7.14 Å². The van der Waals surface area contributed by atoms with Crippen LogP contribution in [0.4, 0.5) is 0 Å². The van der Waals surface area contributed by atoms with Gasteiger partial charge in [0.05, 0.1) is 11.3 Å². The molecule has 1 aromatic rings. The second-order valence-electron chi connectivity index (χ2n) is 4.57. The van der Waals surface area contributed by atoms with Crippen LogP contribution in [0.15, 0.2) is 78.9 Å². The molecule has 18 heavy (non-hydrogen) atoms. The fourth-order valence-electron chi connectivity index (χ4n) is 2.56. The van der Waals surface area contributed by atoms with Gasteiger partial charge in [-0.2, -0.15) is 0 Å². The van der Waals surface area contributed by atoms with Crippen LogP contribution in [0.25, 0.3) is 0 Å². The van der Waals surface area contributed by atoms with E-state index in [0.29, 0.717) is 0 Å². The van der Waals surface area contributed by atoms with E-state index in [9.17, 15) is 4.57 Å². The molecule has 0 fully saturated rings. The zero-order valence-corrected chi connectivity index (χ0v) is 10.9. The van der Waals surface area contributed by atoms with Gasteiger partial charge in [-0.1, -0.05) is 78.9 Å². The first-order valence-electron chi connectivity index (χ1n) is 6.17. The van der Waals surface area contributed by atoms with Crippen LogP contribution in [0.1, 0.15) is 0 Å². The minimum absolute atomic E-state index is 0.0253. The summed E-state index contributed by atoms with van der Waals surface area (Å²) in [7, 11) is -2.51. The summed E-state index contributed by atoms with van der Waals surface area (Å²) in [6, 6.07) is 9.87. The topological polar surface area (TPSA) is 17.1 Å². The molecule has 0 saturated heterocycles. The Morgan fingerprint density at radius 3 is 1.61 bits per heavy atom. The highest BCUT2D eigenvalue weighted by Crippen LogP contribution is 2.57. The number of benzene rings is 1. The van der Waals surface area contributed by atoms with E-state index in [4.69, 9.17) is 0 Å². The molecule has 0 bridgehead atoms. The lowest BCUT2D eigenvalue weighted by Gasteiger charge is -2.26. The molecule has 2 heteroatoms. The second-order valence-corrected chi connectivity index (χ2v) is 7.69. The minimum atomic E-state index is -2.51. The van der Waals surface area contributed by atoms with Crippen molar-refractivity contribution in [1.82, 2.24) is 0 Å². The van der Waals surface area contributed by atoms with Crippen molar-refractivity contribution in [3.8, 4) is 0 Å². The van der Waals surface area contributed by atoms with Gasteiger partial charge in [0.15, 0.2) is 0 Å². The number of allylic oxidation sites excluding steroid dienone is 8. The van der Waals surface area contributed by atoms with Gasteiger partial charge in [0, 0.05) is 5.30 Å². The van der Waals surface area contributed by atoms with Crippen molar-refractivity contribution in [3.63, 3.8) is 0 Å². The minimum Gasteiger partial charge on any atom is -0.317 e. The molecule has 2 aliphatic carbocycles. The molecular weight excluding hydrogens is 239 g/mol. The summed E-state index contributed by atoms with van der Waals surface area (Å²) < 4.78 is 13.6. The molecule has 0 aromatic heterocycles. The van der Waals surface area contributed by atoms with Crippen LogP contribution in [0.5, 0.6) is 0 Å². The van der Waals surface area contributed by atoms with E-state index < -0.39 is 7.14 Å². The van der Waals surface area contributed by atoms with Gasteiger partial charge in [-0.15, -0.1) is 0 Å². The molecule has 0 unspecified atom stereocenters. The molecule has 0 amide bonds. The van der Waals surface area contributed by atoms with Crippen molar-refractivity contribution in [2.24, 2.45) is 0 Å². The molecule has 0 aliphatic heterocycles. The summed E-state index contributed by atoms with van der Waals surface area (Å²) in [5.41, 5.74) is 0.0506. The van der Waals surface area contributed by atoms with Crippen molar-refractivity contribution >= 4 is 12.4 Å². The highest BCUT2D eigenvalue weighted by molar-refractivity contribution is 7.73. The summed E-state index contributed by atoms with van der Waals surface area (Å²) in [5.74, 6) is 0. The number of hydrogen-bond acceptors (Lipinski definition) is 1. The maximum Gasteiger partial charge on any atom is 0.135 e. The third-order valence-corrected chi connectivity index (χ3v) is 7.07. The van der Waals surface area contributed by atoms with Crippen molar-refractivity contribution < 1.29 is 4.57 Å². The monoisotopic (exact) mass is 254 g/mol. The molecule has 1 nitrogen and oxygen atoms in total. The average Bonchev–Trinajstić information content (AvgIpc) is 3.12. The first-order valence-corrected chi connectivity index (χ1v) is 8.01. The molecule has 0 atom stereocenters. The van der Waals surface area contributed by atoms with Crippen LogP contribution >= 0.6 is 7.14 Å². The van der Waals surface area contributed by atoms with Crippen molar-refractivity contribution in [2.45, 2.75) is 11.3 Å². The first kappa shape index (κ1) is 11.5. The first-order chi connectivity index (χ1) is 8.82. The maximum absolute atomic E-state index is 13.6. The lowest BCUT2D eigenvalue weighted by Crippen LogP contribution is -2.21. The second kappa shape index (κ2) is 4.59. The van der Waals surface area contributed by atoms with E-state index >= 15 is 0 Å². The Bertz CT molecular complexity index is 537. The SMILES string of the molecule is O=P(c1ccccc1)(C1C=CC=C1)C1C=CC=C1. The van der Waals surface area contributed by atoms with Gasteiger partial charge < -0.3 is 4.57 Å². The summed E-state index contributed by atoms with van der Waals surface area (Å²) in [5, 5.41) is 0.965. The van der Waals surface area contributed by atoms with E-state index in [2.05, 4.69) is 0 Å². The Labute approximate surface area is 108 Å². The van der Waals surface area contributed by atoms with E-state index in [1.165, 1.54) is 0 Å². The Kier molecular flexibility index (Phi) is 2.93. The number of hydrogen-bond donors (Lipinski definition) is 0. The normalized spacial score (nSPS) is 19.1. The molecule has 1 aromatic carbocycles.